The van der Waals surface area contributed by atoms with E-state index in [1.807, 2.05) is 0 Å². The summed E-state index contributed by atoms with van der Waals surface area (Å²) in [5.41, 5.74) is 1.05. The lowest BCUT2D eigenvalue weighted by Gasteiger charge is -2.40. The van der Waals surface area contributed by atoms with Gasteiger partial charge in [-0.1, -0.05) is 11.6 Å². The molecule has 2 heterocycles. The molecule has 2 saturated heterocycles. The first-order chi connectivity index (χ1) is 18.3. The summed E-state index contributed by atoms with van der Waals surface area (Å²) in [6.07, 6.45) is 5.26. The lowest BCUT2D eigenvalue weighted by atomic mass is 9.96. The molecule has 214 valence electrons. The first kappa shape index (κ1) is 29.0. The predicted octanol–water partition coefficient (Wildman–Crippen LogP) is 2.77. The largest absolute Gasteiger partial charge is 0.444 e. The van der Waals surface area contributed by atoms with Crippen LogP contribution in [0.1, 0.15) is 59.3 Å². The number of carbonyl (C=O) groups excluding carboxylic acids is 3. The number of nitrogens with two attached hydrogens (primary N) is 1. The van der Waals surface area contributed by atoms with E-state index in [4.69, 9.17) is 14.6 Å². The molecule has 39 heavy (non-hydrogen) atoms. The number of hydrogen-bond acceptors (Lipinski definition) is 7. The summed E-state index contributed by atoms with van der Waals surface area (Å²) in [7, 11) is -3.85. The maximum absolute atomic E-state index is 13.6. The summed E-state index contributed by atoms with van der Waals surface area (Å²) >= 11 is 0. The third kappa shape index (κ3) is 7.58. The van der Waals surface area contributed by atoms with Crippen molar-refractivity contribution in [1.29, 1.82) is 0 Å². The molecular weight excluding hydrogens is 524 g/mol. The third-order valence-corrected chi connectivity index (χ3v) is 8.01. The summed E-state index contributed by atoms with van der Waals surface area (Å²) in [5, 5.41) is 7.80. The number of amides is 3. The smallest absolute Gasteiger partial charge is 0.410 e. The highest BCUT2D eigenvalue weighted by molar-refractivity contribution is 7.89. The molecule has 0 aromatic heterocycles. The van der Waals surface area contributed by atoms with Crippen LogP contribution in [0.2, 0.25) is 0 Å². The SMILES string of the molecule is CC(C)(C)OC(=O)N1CC2OC(CC(=O)Nc3ccc(S(N)(=O)=O)cc3)C(=O)N(CCC3=CCCCC3)C2C1. The molecule has 0 saturated carbocycles. The number of benzene rings is 1. The quantitative estimate of drug-likeness (QED) is 0.486. The fourth-order valence-electron chi connectivity index (χ4n) is 5.20. The number of ether oxygens (including phenoxy) is 2. The van der Waals surface area contributed by atoms with Crippen molar-refractivity contribution >= 4 is 33.6 Å². The van der Waals surface area contributed by atoms with E-state index in [0.29, 0.717) is 18.8 Å². The summed E-state index contributed by atoms with van der Waals surface area (Å²) in [5.74, 6) is -0.731. The summed E-state index contributed by atoms with van der Waals surface area (Å²) in [6, 6.07) is 5.13. The second kappa shape index (κ2) is 11.6. The number of allylic oxidation sites excluding steroid dienone is 1. The molecule has 11 nitrogen and oxygen atoms in total. The Morgan fingerprint density at radius 2 is 1.87 bits per heavy atom. The van der Waals surface area contributed by atoms with Gasteiger partial charge in [0.15, 0.2) is 0 Å². The molecule has 3 atom stereocenters. The van der Waals surface area contributed by atoms with Crippen LogP contribution in [0, 0.1) is 0 Å². The van der Waals surface area contributed by atoms with Crippen molar-refractivity contribution in [3.63, 3.8) is 0 Å². The Labute approximate surface area is 229 Å². The van der Waals surface area contributed by atoms with E-state index >= 15 is 0 Å². The number of likely N-dealkylation sites (tertiary alicyclic amines) is 1. The van der Waals surface area contributed by atoms with E-state index in [-0.39, 0.29) is 29.8 Å². The standard InChI is InChI=1S/C27H38N4O7S/c1-27(2,3)38-26(34)30-16-21-23(17-30)37-22(25(33)31(21)14-13-18-7-5-4-6-8-18)15-24(32)29-19-9-11-20(12-10-19)39(28,35)36/h7,9-12,21-23H,4-6,8,13-17H2,1-3H3,(H,29,32)(H2,28,35,36). The third-order valence-electron chi connectivity index (χ3n) is 7.08. The Morgan fingerprint density at radius 3 is 2.49 bits per heavy atom. The van der Waals surface area contributed by atoms with E-state index in [9.17, 15) is 22.8 Å². The predicted molar refractivity (Wildman–Crippen MR) is 144 cm³/mol. The van der Waals surface area contributed by atoms with Crippen LogP contribution in [0.3, 0.4) is 0 Å². The Balaban J connectivity index is 1.45. The van der Waals surface area contributed by atoms with Gasteiger partial charge in [0.2, 0.25) is 15.9 Å². The van der Waals surface area contributed by atoms with Crippen molar-refractivity contribution in [3.8, 4) is 0 Å². The maximum Gasteiger partial charge on any atom is 0.410 e. The number of morpholine rings is 1. The van der Waals surface area contributed by atoms with Crippen molar-refractivity contribution in [2.75, 3.05) is 25.0 Å². The van der Waals surface area contributed by atoms with Crippen LogP contribution in [0.4, 0.5) is 10.5 Å². The minimum atomic E-state index is -3.85. The van der Waals surface area contributed by atoms with Gasteiger partial charge in [-0.05, 0) is 77.1 Å². The average molecular weight is 563 g/mol. The molecule has 1 aromatic rings. The van der Waals surface area contributed by atoms with Gasteiger partial charge in [0.05, 0.1) is 30.0 Å². The van der Waals surface area contributed by atoms with Crippen molar-refractivity contribution in [2.45, 2.75) is 88.0 Å². The number of nitrogens with zero attached hydrogens (tertiary/aromatic N) is 2. The highest BCUT2D eigenvalue weighted by atomic mass is 32.2. The summed E-state index contributed by atoms with van der Waals surface area (Å²) in [6.45, 7) is 6.46. The van der Waals surface area contributed by atoms with Gasteiger partial charge in [0.1, 0.15) is 11.7 Å². The molecule has 4 rings (SSSR count). The van der Waals surface area contributed by atoms with Gasteiger partial charge in [-0.25, -0.2) is 18.4 Å². The molecule has 2 aliphatic heterocycles. The molecule has 3 N–H and O–H groups in total. The first-order valence-corrected chi connectivity index (χ1v) is 14.9. The van der Waals surface area contributed by atoms with Crippen LogP contribution >= 0.6 is 0 Å². The van der Waals surface area contributed by atoms with Crippen LogP contribution in [0.25, 0.3) is 0 Å². The number of primary sulfonamides is 1. The van der Waals surface area contributed by atoms with E-state index in [0.717, 1.165) is 25.7 Å². The molecule has 12 heteroatoms. The molecule has 0 spiro atoms. The van der Waals surface area contributed by atoms with Crippen LogP contribution in [0.5, 0.6) is 0 Å². The van der Waals surface area contributed by atoms with E-state index in [1.165, 1.54) is 36.3 Å². The van der Waals surface area contributed by atoms with Crippen LogP contribution in [-0.2, 0) is 29.1 Å². The molecule has 0 bridgehead atoms. The average Bonchev–Trinajstić information content (AvgIpc) is 3.27. The molecule has 3 aliphatic rings. The lowest BCUT2D eigenvalue weighted by molar-refractivity contribution is -0.168. The molecular formula is C27H38N4O7S. The zero-order valence-electron chi connectivity index (χ0n) is 22.7. The Morgan fingerprint density at radius 1 is 1.15 bits per heavy atom. The second-order valence-corrected chi connectivity index (χ2v) is 12.9. The number of carbonyl (C=O) groups is 3. The van der Waals surface area contributed by atoms with E-state index < -0.39 is 39.8 Å². The maximum atomic E-state index is 13.6. The summed E-state index contributed by atoms with van der Waals surface area (Å²) < 4.78 is 34.6. The second-order valence-electron chi connectivity index (χ2n) is 11.3. The minimum Gasteiger partial charge on any atom is -0.444 e. The van der Waals surface area contributed by atoms with Crippen molar-refractivity contribution in [2.24, 2.45) is 5.14 Å². The zero-order valence-corrected chi connectivity index (χ0v) is 23.5. The number of hydrogen-bond donors (Lipinski definition) is 2. The lowest BCUT2D eigenvalue weighted by Crippen LogP contribution is -2.58. The Bertz CT molecular complexity index is 1220. The molecule has 1 aromatic carbocycles. The molecule has 3 unspecified atom stereocenters. The minimum absolute atomic E-state index is 0.0724. The van der Waals surface area contributed by atoms with Crippen molar-refractivity contribution in [3.05, 3.63) is 35.9 Å². The number of nitrogens with one attached hydrogen (secondary N) is 1. The Hall–Kier alpha value is -2.96. The number of anilines is 1. The van der Waals surface area contributed by atoms with Crippen LogP contribution < -0.4 is 10.5 Å². The molecule has 1 aliphatic carbocycles. The van der Waals surface area contributed by atoms with Crippen molar-refractivity contribution < 1.29 is 32.3 Å². The number of fused-ring (bicyclic) bond motifs is 1. The van der Waals surface area contributed by atoms with Gasteiger partial charge in [0, 0.05) is 18.8 Å². The van der Waals surface area contributed by atoms with Gasteiger partial charge < -0.3 is 24.6 Å². The van der Waals surface area contributed by atoms with E-state index in [1.54, 1.807) is 30.6 Å². The zero-order chi connectivity index (χ0) is 28.4. The fourth-order valence-corrected chi connectivity index (χ4v) is 5.71. The number of sulfonamides is 1. The monoisotopic (exact) mass is 562 g/mol. The van der Waals surface area contributed by atoms with Gasteiger partial charge in [0.25, 0.3) is 5.91 Å². The highest BCUT2D eigenvalue weighted by Crippen LogP contribution is 2.30. The van der Waals surface area contributed by atoms with E-state index in [2.05, 4.69) is 11.4 Å². The van der Waals surface area contributed by atoms with Gasteiger partial charge >= 0.3 is 6.09 Å². The van der Waals surface area contributed by atoms with Gasteiger partial charge in [-0.2, -0.15) is 0 Å². The Kier molecular flexibility index (Phi) is 8.67. The molecule has 3 amide bonds. The van der Waals surface area contributed by atoms with Crippen molar-refractivity contribution in [1.82, 2.24) is 9.80 Å². The topological polar surface area (TPSA) is 148 Å². The number of rotatable bonds is 7. The first-order valence-electron chi connectivity index (χ1n) is 13.3. The summed E-state index contributed by atoms with van der Waals surface area (Å²) in [4.78, 5) is 42.5. The van der Waals surface area contributed by atoms with Gasteiger partial charge in [-0.15, -0.1) is 0 Å². The molecule has 2 fully saturated rings. The molecule has 0 radical (unpaired) electrons. The van der Waals surface area contributed by atoms with Crippen LogP contribution in [-0.4, -0.2) is 79.6 Å². The fraction of sp³-hybridized carbons (Fsp3) is 0.593. The normalized spacial score (nSPS) is 23.7. The van der Waals surface area contributed by atoms with Gasteiger partial charge in [-0.3, -0.25) is 9.59 Å². The van der Waals surface area contributed by atoms with Crippen LogP contribution in [0.15, 0.2) is 40.8 Å². The highest BCUT2D eigenvalue weighted by Gasteiger charge is 2.49.